The Morgan fingerprint density at radius 3 is 2.17 bits per heavy atom. The highest BCUT2D eigenvalue weighted by atomic mass is 31.2. The van der Waals surface area contributed by atoms with Gasteiger partial charge in [0.15, 0.2) is 0 Å². The summed E-state index contributed by atoms with van der Waals surface area (Å²) < 4.78 is 26.8. The van der Waals surface area contributed by atoms with Crippen LogP contribution >= 0.6 is 7.60 Å². The van der Waals surface area contributed by atoms with Crippen molar-refractivity contribution >= 4 is 13.4 Å². The fourth-order valence-electron chi connectivity index (χ4n) is 1.00. The molecule has 0 spiro atoms. The van der Waals surface area contributed by atoms with Gasteiger partial charge in [-0.2, -0.15) is 8.96 Å². The van der Waals surface area contributed by atoms with Crippen molar-refractivity contribution in [2.45, 2.75) is 20.8 Å². The summed E-state index contributed by atoms with van der Waals surface area (Å²) in [5.74, 6) is 0.508. The van der Waals surface area contributed by atoms with Gasteiger partial charge < -0.3 is 4.90 Å². The Labute approximate surface area is 73.2 Å². The van der Waals surface area contributed by atoms with E-state index in [1.165, 1.54) is 0 Å². The van der Waals surface area contributed by atoms with Crippen LogP contribution in [0.15, 0.2) is 4.76 Å². The van der Waals surface area contributed by atoms with E-state index in [0.717, 1.165) is 19.8 Å². The summed E-state index contributed by atoms with van der Waals surface area (Å²) in [5.41, 5.74) is 0. The normalized spacial score (nSPS) is 17.2. The molecule has 3 nitrogen and oxygen atoms in total. The van der Waals surface area contributed by atoms with Crippen LogP contribution in [-0.2, 0) is 4.57 Å². The smallest absolute Gasteiger partial charge is 0.350 e. The second kappa shape index (κ2) is 4.61. The molecule has 0 radical (unpaired) electrons. The number of rotatable bonds is 3. The monoisotopic (exact) mass is 194 g/mol. The first kappa shape index (κ1) is 11.6. The summed E-state index contributed by atoms with van der Waals surface area (Å²) >= 11 is 0. The molecule has 0 heterocycles. The summed E-state index contributed by atoms with van der Waals surface area (Å²) in [6.45, 7) is 8.09. The average Bonchev–Trinajstić information content (AvgIpc) is 1.85. The van der Waals surface area contributed by atoms with Crippen molar-refractivity contribution in [3.05, 3.63) is 0 Å². The summed E-state index contributed by atoms with van der Waals surface area (Å²) in [4.78, 5) is 1.86. The lowest BCUT2D eigenvalue weighted by molar-refractivity contribution is 0.462. The standard InChI is InChI=1S/C7H16FN2OP/c1-5-10(6-2)7(3)9-12(4,8)11/h5-6H2,1-4H3/b9-7+. The molecule has 0 saturated carbocycles. The van der Waals surface area contributed by atoms with E-state index in [0.29, 0.717) is 5.84 Å². The molecule has 0 aliphatic rings. The van der Waals surface area contributed by atoms with Gasteiger partial charge in [-0.15, -0.1) is 0 Å². The third-order valence-corrected chi connectivity index (χ3v) is 2.19. The summed E-state index contributed by atoms with van der Waals surface area (Å²) in [6, 6.07) is 0. The van der Waals surface area contributed by atoms with E-state index in [-0.39, 0.29) is 0 Å². The third-order valence-electron chi connectivity index (χ3n) is 1.54. The topological polar surface area (TPSA) is 32.7 Å². The van der Waals surface area contributed by atoms with E-state index in [9.17, 15) is 8.76 Å². The molecular formula is C7H16FN2OP. The molecule has 0 bridgehead atoms. The highest BCUT2D eigenvalue weighted by Crippen LogP contribution is 2.44. The molecule has 0 aliphatic carbocycles. The predicted octanol–water partition coefficient (Wildman–Crippen LogP) is 2.54. The molecule has 0 aromatic heterocycles. The highest BCUT2D eigenvalue weighted by molar-refractivity contribution is 7.56. The molecule has 5 heteroatoms. The van der Waals surface area contributed by atoms with E-state index in [1.54, 1.807) is 6.92 Å². The van der Waals surface area contributed by atoms with Gasteiger partial charge in [0, 0.05) is 19.8 Å². The maximum absolute atomic E-state index is 12.6. The van der Waals surface area contributed by atoms with Crippen LogP contribution in [-0.4, -0.2) is 30.5 Å². The molecule has 0 aromatic carbocycles. The second-order valence-corrected chi connectivity index (χ2v) is 4.35. The Balaban J connectivity index is 4.45. The van der Waals surface area contributed by atoms with Gasteiger partial charge in [-0.1, -0.05) is 0 Å². The highest BCUT2D eigenvalue weighted by Gasteiger charge is 2.11. The molecule has 72 valence electrons. The van der Waals surface area contributed by atoms with E-state index >= 15 is 0 Å². The molecule has 0 saturated heterocycles. The van der Waals surface area contributed by atoms with Gasteiger partial charge in [0.1, 0.15) is 5.84 Å². The first-order chi connectivity index (χ1) is 5.40. The Morgan fingerprint density at radius 1 is 1.50 bits per heavy atom. The molecule has 0 N–H and O–H groups in total. The second-order valence-electron chi connectivity index (χ2n) is 2.60. The molecular weight excluding hydrogens is 178 g/mol. The molecule has 1 atom stereocenters. The molecule has 0 aliphatic heterocycles. The Kier molecular flexibility index (Phi) is 4.46. The lowest BCUT2D eigenvalue weighted by Gasteiger charge is -2.19. The van der Waals surface area contributed by atoms with Crippen molar-refractivity contribution in [3.8, 4) is 0 Å². The Morgan fingerprint density at radius 2 is 1.92 bits per heavy atom. The minimum atomic E-state index is -3.76. The van der Waals surface area contributed by atoms with Crippen LogP contribution < -0.4 is 0 Å². The van der Waals surface area contributed by atoms with Gasteiger partial charge in [0.25, 0.3) is 0 Å². The molecule has 0 amide bonds. The van der Waals surface area contributed by atoms with E-state index in [2.05, 4.69) is 4.76 Å². The number of amidine groups is 1. The van der Waals surface area contributed by atoms with Gasteiger partial charge >= 0.3 is 7.60 Å². The van der Waals surface area contributed by atoms with Crippen LogP contribution in [0.25, 0.3) is 0 Å². The van der Waals surface area contributed by atoms with Crippen LogP contribution in [0.1, 0.15) is 20.8 Å². The lowest BCUT2D eigenvalue weighted by Crippen LogP contribution is -2.27. The van der Waals surface area contributed by atoms with Gasteiger partial charge in [0.05, 0.1) is 0 Å². The van der Waals surface area contributed by atoms with Crippen LogP contribution in [0.2, 0.25) is 0 Å². The first-order valence-corrected chi connectivity index (χ1v) is 5.99. The fourth-order valence-corrected chi connectivity index (χ4v) is 1.65. The van der Waals surface area contributed by atoms with Gasteiger partial charge in [-0.25, -0.2) is 0 Å². The van der Waals surface area contributed by atoms with Gasteiger partial charge in [-0.3, -0.25) is 4.57 Å². The summed E-state index contributed by atoms with van der Waals surface area (Å²) in [5, 5.41) is 0. The van der Waals surface area contributed by atoms with Crippen LogP contribution in [0.5, 0.6) is 0 Å². The molecule has 12 heavy (non-hydrogen) atoms. The molecule has 0 aromatic rings. The third kappa shape index (κ3) is 4.50. The minimum absolute atomic E-state index is 0.508. The molecule has 1 unspecified atom stereocenters. The average molecular weight is 194 g/mol. The van der Waals surface area contributed by atoms with Crippen molar-refractivity contribution in [3.63, 3.8) is 0 Å². The summed E-state index contributed by atoms with van der Waals surface area (Å²) in [7, 11) is -3.76. The predicted molar refractivity (Wildman–Crippen MR) is 50.7 cm³/mol. The zero-order valence-electron chi connectivity index (χ0n) is 8.04. The number of nitrogens with zero attached hydrogens (tertiary/aromatic N) is 2. The SMILES string of the molecule is CCN(CC)/C(C)=N/P(C)(=O)F. The van der Waals surface area contributed by atoms with Gasteiger partial charge in [-0.05, 0) is 20.8 Å². The fraction of sp³-hybridized carbons (Fsp3) is 0.857. The number of hydrogen-bond acceptors (Lipinski definition) is 1. The minimum Gasteiger partial charge on any atom is -0.361 e. The van der Waals surface area contributed by atoms with Crippen LogP contribution in [0.3, 0.4) is 0 Å². The first-order valence-electron chi connectivity index (χ1n) is 3.99. The van der Waals surface area contributed by atoms with Crippen molar-refractivity contribution in [1.29, 1.82) is 0 Å². The van der Waals surface area contributed by atoms with E-state index in [4.69, 9.17) is 0 Å². The van der Waals surface area contributed by atoms with Crippen LogP contribution in [0.4, 0.5) is 4.20 Å². The van der Waals surface area contributed by atoms with Crippen LogP contribution in [0, 0.1) is 0 Å². The van der Waals surface area contributed by atoms with E-state index in [1.807, 2.05) is 18.7 Å². The Hall–Kier alpha value is -0.370. The lowest BCUT2D eigenvalue weighted by atomic mass is 10.5. The quantitative estimate of drug-likeness (QED) is 0.393. The van der Waals surface area contributed by atoms with Crippen molar-refractivity contribution < 1.29 is 8.76 Å². The Bertz CT molecular complexity index is 207. The zero-order chi connectivity index (χ0) is 9.78. The van der Waals surface area contributed by atoms with Gasteiger partial charge in [0.2, 0.25) is 0 Å². The summed E-state index contributed by atoms with van der Waals surface area (Å²) in [6.07, 6.45) is 0. The zero-order valence-corrected chi connectivity index (χ0v) is 8.94. The maximum Gasteiger partial charge on any atom is 0.350 e. The molecule has 0 rings (SSSR count). The maximum atomic E-state index is 12.6. The number of hydrogen-bond donors (Lipinski definition) is 0. The van der Waals surface area contributed by atoms with E-state index < -0.39 is 7.60 Å². The number of halogens is 1. The largest absolute Gasteiger partial charge is 0.361 e. The molecule has 0 fully saturated rings. The van der Waals surface area contributed by atoms with Crippen molar-refractivity contribution in [1.82, 2.24) is 4.90 Å². The van der Waals surface area contributed by atoms with Crippen molar-refractivity contribution in [2.24, 2.45) is 4.76 Å². The van der Waals surface area contributed by atoms with Crippen molar-refractivity contribution in [2.75, 3.05) is 19.8 Å².